The third-order valence-electron chi connectivity index (χ3n) is 6.14. The topological polar surface area (TPSA) is 62.8 Å². The van der Waals surface area contributed by atoms with E-state index in [0.717, 1.165) is 34.4 Å². The summed E-state index contributed by atoms with van der Waals surface area (Å²) in [6, 6.07) is 19.1. The number of ether oxygens (including phenoxy) is 2. The number of hydrogen-bond donors (Lipinski definition) is 0. The van der Waals surface area contributed by atoms with Crippen LogP contribution < -0.4 is 4.90 Å². The Hall–Kier alpha value is -3.40. The van der Waals surface area contributed by atoms with Crippen molar-refractivity contribution in [2.75, 3.05) is 45.4 Å². The normalized spacial score (nSPS) is 11.2. The Balaban J connectivity index is 2.04. The van der Waals surface area contributed by atoms with Gasteiger partial charge in [-0.3, -0.25) is 4.40 Å². The van der Waals surface area contributed by atoms with E-state index in [0.29, 0.717) is 37.5 Å². The second-order valence-electron chi connectivity index (χ2n) is 8.31. The first-order chi connectivity index (χ1) is 16.1. The molecule has 0 unspecified atom stereocenters. The van der Waals surface area contributed by atoms with Crippen LogP contribution in [0.2, 0.25) is 0 Å². The van der Waals surface area contributed by atoms with Crippen molar-refractivity contribution < 1.29 is 9.47 Å². The van der Waals surface area contributed by atoms with Crippen LogP contribution in [0.3, 0.4) is 0 Å². The molecule has 0 spiro atoms. The highest BCUT2D eigenvalue weighted by molar-refractivity contribution is 5.86. The monoisotopic (exact) mass is 442 g/mol. The van der Waals surface area contributed by atoms with Crippen LogP contribution in [0.5, 0.6) is 0 Å². The van der Waals surface area contributed by atoms with Crippen LogP contribution >= 0.6 is 0 Å². The molecule has 0 aliphatic rings. The van der Waals surface area contributed by atoms with Gasteiger partial charge >= 0.3 is 0 Å². The Bertz CT molecular complexity index is 1290. The molecular formula is C27H30N4O2. The molecule has 0 radical (unpaired) electrons. The van der Waals surface area contributed by atoms with E-state index in [-0.39, 0.29) is 0 Å². The van der Waals surface area contributed by atoms with Crippen molar-refractivity contribution in [3.8, 4) is 6.07 Å². The van der Waals surface area contributed by atoms with Gasteiger partial charge in [0.2, 0.25) is 0 Å². The summed E-state index contributed by atoms with van der Waals surface area (Å²) in [5.41, 5.74) is 7.70. The molecule has 2 aromatic heterocycles. The van der Waals surface area contributed by atoms with Crippen LogP contribution in [0.25, 0.3) is 16.7 Å². The lowest BCUT2D eigenvalue weighted by atomic mass is 9.97. The summed E-state index contributed by atoms with van der Waals surface area (Å²) in [6.45, 7) is 6.70. The average molecular weight is 443 g/mol. The molecule has 0 saturated carbocycles. The van der Waals surface area contributed by atoms with Crippen molar-refractivity contribution in [1.82, 2.24) is 9.38 Å². The first-order valence-electron chi connectivity index (χ1n) is 11.2. The van der Waals surface area contributed by atoms with Gasteiger partial charge in [0, 0.05) is 39.3 Å². The Morgan fingerprint density at radius 1 is 0.970 bits per heavy atom. The fourth-order valence-corrected chi connectivity index (χ4v) is 4.34. The maximum absolute atomic E-state index is 10.1. The van der Waals surface area contributed by atoms with Crippen LogP contribution in [-0.2, 0) is 15.9 Å². The second kappa shape index (κ2) is 10.0. The molecule has 6 heteroatoms. The third-order valence-corrected chi connectivity index (χ3v) is 6.14. The van der Waals surface area contributed by atoms with Crippen LogP contribution in [0, 0.1) is 25.2 Å². The van der Waals surface area contributed by atoms with Crippen LogP contribution in [0.1, 0.15) is 27.8 Å². The quantitative estimate of drug-likeness (QED) is 0.377. The molecule has 33 heavy (non-hydrogen) atoms. The van der Waals surface area contributed by atoms with E-state index in [9.17, 15) is 5.26 Å². The van der Waals surface area contributed by atoms with E-state index in [1.807, 2.05) is 25.1 Å². The number of hydrogen-bond acceptors (Lipinski definition) is 5. The Labute approximate surface area is 195 Å². The number of imidazole rings is 1. The minimum Gasteiger partial charge on any atom is -0.383 e. The summed E-state index contributed by atoms with van der Waals surface area (Å²) in [5.74, 6) is 1.05. The van der Waals surface area contributed by atoms with Crippen molar-refractivity contribution >= 4 is 22.5 Å². The van der Waals surface area contributed by atoms with Crippen LogP contribution in [-0.4, -0.2) is 49.9 Å². The van der Waals surface area contributed by atoms with Crippen molar-refractivity contribution in [3.63, 3.8) is 0 Å². The smallest absolute Gasteiger partial charge is 0.157 e. The SMILES string of the molecule is COCCN(CCOC)c1c(Cc2ccc(C)cc2)c(C)c(C#N)c2nc3ccccc3n12. The molecule has 4 rings (SSSR count). The second-order valence-corrected chi connectivity index (χ2v) is 8.31. The number of pyridine rings is 1. The van der Waals surface area contributed by atoms with Gasteiger partial charge in [0.1, 0.15) is 11.9 Å². The van der Waals surface area contributed by atoms with Gasteiger partial charge in [-0.2, -0.15) is 5.26 Å². The fraction of sp³-hybridized carbons (Fsp3) is 0.333. The average Bonchev–Trinajstić information content (AvgIpc) is 3.20. The van der Waals surface area contributed by atoms with Crippen LogP contribution in [0.15, 0.2) is 48.5 Å². The number of aromatic nitrogens is 2. The molecule has 4 aromatic rings. The minimum absolute atomic E-state index is 0.584. The van der Waals surface area contributed by atoms with Crippen LogP contribution in [0.4, 0.5) is 5.82 Å². The number of anilines is 1. The molecule has 0 saturated heterocycles. The van der Waals surface area contributed by atoms with Crippen molar-refractivity contribution in [2.24, 2.45) is 0 Å². The lowest BCUT2D eigenvalue weighted by Gasteiger charge is -2.29. The molecule has 0 aliphatic carbocycles. The summed E-state index contributed by atoms with van der Waals surface area (Å²) in [7, 11) is 3.43. The molecule has 0 N–H and O–H groups in total. The van der Waals surface area contributed by atoms with Crippen molar-refractivity contribution in [1.29, 1.82) is 5.26 Å². The zero-order valence-electron chi connectivity index (χ0n) is 19.8. The summed E-state index contributed by atoms with van der Waals surface area (Å²) in [6.07, 6.45) is 0.717. The molecule has 0 atom stereocenters. The highest BCUT2D eigenvalue weighted by atomic mass is 16.5. The van der Waals surface area contributed by atoms with Gasteiger partial charge in [-0.05, 0) is 37.1 Å². The Kier molecular flexibility index (Phi) is 6.93. The van der Waals surface area contributed by atoms with Gasteiger partial charge in [0.25, 0.3) is 0 Å². The number of fused-ring (bicyclic) bond motifs is 3. The maximum Gasteiger partial charge on any atom is 0.157 e. The van der Waals surface area contributed by atoms with E-state index >= 15 is 0 Å². The maximum atomic E-state index is 10.1. The number of para-hydroxylation sites is 2. The largest absolute Gasteiger partial charge is 0.383 e. The predicted octanol–water partition coefficient (Wildman–Crippen LogP) is 4.67. The van der Waals surface area contributed by atoms with Gasteiger partial charge in [-0.15, -0.1) is 0 Å². The van der Waals surface area contributed by atoms with E-state index in [4.69, 9.17) is 14.5 Å². The number of nitrogens with zero attached hydrogens (tertiary/aromatic N) is 4. The molecule has 2 aromatic carbocycles. The zero-order chi connectivity index (χ0) is 23.4. The first-order valence-corrected chi connectivity index (χ1v) is 11.2. The summed E-state index contributed by atoms with van der Waals surface area (Å²) >= 11 is 0. The van der Waals surface area contributed by atoms with E-state index < -0.39 is 0 Å². The third kappa shape index (κ3) is 4.43. The fourth-order valence-electron chi connectivity index (χ4n) is 4.34. The van der Waals surface area contributed by atoms with Gasteiger partial charge in [-0.25, -0.2) is 4.98 Å². The molecule has 6 nitrogen and oxygen atoms in total. The van der Waals surface area contributed by atoms with Gasteiger partial charge in [0.15, 0.2) is 5.65 Å². The number of nitriles is 1. The first kappa shape index (κ1) is 22.8. The number of methoxy groups -OCH3 is 2. The van der Waals surface area contributed by atoms with Gasteiger partial charge < -0.3 is 14.4 Å². The van der Waals surface area contributed by atoms with E-state index in [2.05, 4.69) is 52.6 Å². The molecular weight excluding hydrogens is 412 g/mol. The lowest BCUT2D eigenvalue weighted by molar-refractivity contribution is 0.190. The number of benzene rings is 2. The highest BCUT2D eigenvalue weighted by Gasteiger charge is 2.24. The van der Waals surface area contributed by atoms with Crippen molar-refractivity contribution in [3.05, 3.63) is 76.3 Å². The predicted molar refractivity (Wildman–Crippen MR) is 132 cm³/mol. The van der Waals surface area contributed by atoms with Crippen molar-refractivity contribution in [2.45, 2.75) is 20.3 Å². The number of rotatable bonds is 9. The summed E-state index contributed by atoms with van der Waals surface area (Å²) in [4.78, 5) is 7.16. The van der Waals surface area contributed by atoms with Gasteiger partial charge in [-0.1, -0.05) is 42.0 Å². The number of aryl methyl sites for hydroxylation is 1. The highest BCUT2D eigenvalue weighted by Crippen LogP contribution is 2.34. The Morgan fingerprint density at radius 3 is 2.27 bits per heavy atom. The zero-order valence-corrected chi connectivity index (χ0v) is 19.8. The molecule has 0 aliphatic heterocycles. The molecule has 0 amide bonds. The molecule has 0 fully saturated rings. The van der Waals surface area contributed by atoms with E-state index in [1.54, 1.807) is 14.2 Å². The van der Waals surface area contributed by atoms with E-state index in [1.165, 1.54) is 11.1 Å². The lowest BCUT2D eigenvalue weighted by Crippen LogP contribution is -2.33. The van der Waals surface area contributed by atoms with Gasteiger partial charge in [0.05, 0.1) is 29.8 Å². The molecule has 2 heterocycles. The Morgan fingerprint density at radius 2 is 1.64 bits per heavy atom. The molecule has 170 valence electrons. The minimum atomic E-state index is 0.584. The molecule has 0 bridgehead atoms. The standard InChI is InChI=1S/C27H30N4O2/c1-19-9-11-21(12-10-19)17-22-20(2)23(18-28)26-29-24-7-5-6-8-25(24)31(26)27(22)30(13-15-32-3)14-16-33-4/h5-12H,13-17H2,1-4H3. The summed E-state index contributed by atoms with van der Waals surface area (Å²) in [5, 5.41) is 10.1. The summed E-state index contributed by atoms with van der Waals surface area (Å²) < 4.78 is 13.0.